The predicted molar refractivity (Wildman–Crippen MR) is 90.4 cm³/mol. The number of hydrogen-bond donors (Lipinski definition) is 2. The summed E-state index contributed by atoms with van der Waals surface area (Å²) in [6.07, 6.45) is 0. The molecule has 6 nitrogen and oxygen atoms in total. The third kappa shape index (κ3) is 5.60. The van der Waals surface area contributed by atoms with E-state index in [4.69, 9.17) is 16.1 Å². The van der Waals surface area contributed by atoms with Gasteiger partial charge in [0, 0.05) is 17.2 Å². The number of nitrogens with one attached hydrogen (secondary N) is 2. The van der Waals surface area contributed by atoms with E-state index in [1.165, 1.54) is 18.2 Å². The monoisotopic (exact) mass is 373 g/mol. The maximum Gasteiger partial charge on any atom is 0.387 e. The van der Waals surface area contributed by atoms with Crippen molar-refractivity contribution in [3.8, 4) is 5.75 Å². The summed E-state index contributed by atoms with van der Waals surface area (Å²) in [4.78, 5) is 11.9. The Hall–Kier alpha value is -2.35. The van der Waals surface area contributed by atoms with E-state index in [9.17, 15) is 13.6 Å². The number of alkyl halides is 2. The Bertz CT molecular complexity index is 744. The first-order valence-corrected chi connectivity index (χ1v) is 7.78. The maximum atomic E-state index is 12.2. The molecule has 0 atom stereocenters. The third-order valence-electron chi connectivity index (χ3n) is 3.14. The fraction of sp³-hybridized carbons (Fsp3) is 0.375. The summed E-state index contributed by atoms with van der Waals surface area (Å²) < 4.78 is 33.7. The molecule has 1 aromatic carbocycles. The Kier molecular flexibility index (Phi) is 5.84. The number of amides is 1. The molecule has 2 aromatic rings. The zero-order chi connectivity index (χ0) is 18.6. The highest BCUT2D eigenvalue weighted by atomic mass is 35.5. The van der Waals surface area contributed by atoms with Crippen molar-refractivity contribution in [2.75, 3.05) is 17.2 Å². The van der Waals surface area contributed by atoms with Crippen molar-refractivity contribution in [3.05, 3.63) is 35.0 Å². The van der Waals surface area contributed by atoms with E-state index in [0.29, 0.717) is 5.69 Å². The van der Waals surface area contributed by atoms with Crippen LogP contribution in [0.4, 0.5) is 20.4 Å². The highest BCUT2D eigenvalue weighted by Crippen LogP contribution is 2.29. The summed E-state index contributed by atoms with van der Waals surface area (Å²) in [6.45, 7) is 2.90. The molecule has 25 heavy (non-hydrogen) atoms. The van der Waals surface area contributed by atoms with Crippen LogP contribution in [-0.2, 0) is 10.2 Å². The average molecular weight is 374 g/mol. The highest BCUT2D eigenvalue weighted by molar-refractivity contribution is 6.32. The topological polar surface area (TPSA) is 76.4 Å². The Morgan fingerprint density at radius 1 is 1.36 bits per heavy atom. The number of benzene rings is 1. The molecular weight excluding hydrogens is 356 g/mol. The smallest absolute Gasteiger partial charge is 0.387 e. The van der Waals surface area contributed by atoms with Crippen LogP contribution < -0.4 is 15.4 Å². The van der Waals surface area contributed by atoms with Crippen molar-refractivity contribution >= 4 is 29.1 Å². The summed E-state index contributed by atoms with van der Waals surface area (Å²) in [6, 6.07) is 5.81. The molecule has 0 unspecified atom stereocenters. The minimum absolute atomic E-state index is 0.00996. The fourth-order valence-electron chi connectivity index (χ4n) is 1.85. The number of ether oxygens (including phenoxy) is 1. The molecule has 9 heteroatoms. The van der Waals surface area contributed by atoms with Gasteiger partial charge in [-0.05, 0) is 18.2 Å². The average Bonchev–Trinajstić information content (AvgIpc) is 2.96. The Morgan fingerprint density at radius 3 is 2.64 bits per heavy atom. The standard InChI is InChI=1S/C16H18ClF2N3O3/c1-16(2,3)12-7-14(25-22-12)21-13(23)8-20-9-4-5-11(10(17)6-9)24-15(18)19/h4-7,15,20H,8H2,1-3H3,(H,21,23). The van der Waals surface area contributed by atoms with Gasteiger partial charge in [-0.1, -0.05) is 37.5 Å². The van der Waals surface area contributed by atoms with Gasteiger partial charge in [0.15, 0.2) is 0 Å². The van der Waals surface area contributed by atoms with Crippen LogP contribution in [0.2, 0.25) is 5.02 Å². The summed E-state index contributed by atoms with van der Waals surface area (Å²) in [5.74, 6) is -0.251. The molecule has 2 rings (SSSR count). The number of anilines is 2. The second-order valence-corrected chi connectivity index (χ2v) is 6.66. The maximum absolute atomic E-state index is 12.2. The van der Waals surface area contributed by atoms with Gasteiger partial charge in [-0.2, -0.15) is 8.78 Å². The molecule has 0 aliphatic carbocycles. The van der Waals surface area contributed by atoms with E-state index >= 15 is 0 Å². The molecule has 0 spiro atoms. The van der Waals surface area contributed by atoms with E-state index in [2.05, 4.69) is 20.5 Å². The van der Waals surface area contributed by atoms with Crippen LogP contribution in [-0.4, -0.2) is 24.2 Å². The molecule has 2 N–H and O–H groups in total. The Morgan fingerprint density at radius 2 is 2.08 bits per heavy atom. The predicted octanol–water partition coefficient (Wildman–Crippen LogP) is 4.28. The van der Waals surface area contributed by atoms with Gasteiger partial charge in [-0.3, -0.25) is 10.1 Å². The van der Waals surface area contributed by atoms with Crippen LogP contribution in [0.15, 0.2) is 28.8 Å². The SMILES string of the molecule is CC(C)(C)c1cc(NC(=O)CNc2ccc(OC(F)F)c(Cl)c2)on1. The lowest BCUT2D eigenvalue weighted by atomic mass is 9.92. The second-order valence-electron chi connectivity index (χ2n) is 6.25. The summed E-state index contributed by atoms with van der Waals surface area (Å²) >= 11 is 5.84. The number of halogens is 3. The molecule has 1 aromatic heterocycles. The largest absolute Gasteiger partial charge is 0.433 e. The van der Waals surface area contributed by atoms with Crippen LogP contribution >= 0.6 is 11.6 Å². The zero-order valence-corrected chi connectivity index (χ0v) is 14.7. The van der Waals surface area contributed by atoms with E-state index < -0.39 is 6.61 Å². The molecule has 0 fully saturated rings. The third-order valence-corrected chi connectivity index (χ3v) is 3.44. The van der Waals surface area contributed by atoms with Gasteiger partial charge in [0.25, 0.3) is 0 Å². The van der Waals surface area contributed by atoms with Crippen LogP contribution in [0.5, 0.6) is 5.75 Å². The van der Waals surface area contributed by atoms with Crippen LogP contribution in [0.25, 0.3) is 0 Å². The molecule has 0 saturated carbocycles. The highest BCUT2D eigenvalue weighted by Gasteiger charge is 2.19. The quantitative estimate of drug-likeness (QED) is 0.790. The van der Waals surface area contributed by atoms with Crippen molar-refractivity contribution < 1.29 is 22.8 Å². The number of nitrogens with zero attached hydrogens (tertiary/aromatic N) is 1. The summed E-state index contributed by atoms with van der Waals surface area (Å²) in [7, 11) is 0. The second kappa shape index (κ2) is 7.69. The first-order valence-electron chi connectivity index (χ1n) is 7.40. The minimum Gasteiger partial charge on any atom is -0.433 e. The molecule has 0 aliphatic heterocycles. The summed E-state index contributed by atoms with van der Waals surface area (Å²) in [5.41, 5.74) is 1.01. The van der Waals surface area contributed by atoms with Gasteiger partial charge >= 0.3 is 6.61 Å². The van der Waals surface area contributed by atoms with E-state index in [1.807, 2.05) is 20.8 Å². The van der Waals surface area contributed by atoms with Gasteiger partial charge in [0.05, 0.1) is 17.3 Å². The zero-order valence-electron chi connectivity index (χ0n) is 13.9. The Balaban J connectivity index is 1.89. The van der Waals surface area contributed by atoms with Crippen molar-refractivity contribution in [1.82, 2.24) is 5.16 Å². The number of hydrogen-bond acceptors (Lipinski definition) is 5. The number of aromatic nitrogens is 1. The van der Waals surface area contributed by atoms with Crippen molar-refractivity contribution in [1.29, 1.82) is 0 Å². The number of carbonyl (C=O) groups is 1. The normalized spacial score (nSPS) is 11.5. The van der Waals surface area contributed by atoms with Crippen LogP contribution in [0.1, 0.15) is 26.5 Å². The van der Waals surface area contributed by atoms with E-state index in [1.54, 1.807) is 6.07 Å². The first-order chi connectivity index (χ1) is 11.6. The first kappa shape index (κ1) is 19.0. The Labute approximate surface area is 148 Å². The van der Waals surface area contributed by atoms with E-state index in [0.717, 1.165) is 5.69 Å². The molecule has 0 radical (unpaired) electrons. The van der Waals surface area contributed by atoms with Gasteiger partial charge in [-0.25, -0.2) is 0 Å². The van der Waals surface area contributed by atoms with Crippen LogP contribution in [0, 0.1) is 0 Å². The molecule has 0 bridgehead atoms. The number of carbonyl (C=O) groups excluding carboxylic acids is 1. The lowest BCUT2D eigenvalue weighted by Crippen LogP contribution is -2.21. The van der Waals surface area contributed by atoms with Crippen LogP contribution in [0.3, 0.4) is 0 Å². The summed E-state index contributed by atoms with van der Waals surface area (Å²) in [5, 5.41) is 9.30. The fourth-order valence-corrected chi connectivity index (χ4v) is 2.08. The van der Waals surface area contributed by atoms with Gasteiger partial charge < -0.3 is 14.6 Å². The number of rotatable bonds is 6. The lowest BCUT2D eigenvalue weighted by Gasteiger charge is -2.12. The molecule has 136 valence electrons. The lowest BCUT2D eigenvalue weighted by molar-refractivity contribution is -0.114. The van der Waals surface area contributed by atoms with E-state index in [-0.39, 0.29) is 34.5 Å². The molecule has 0 saturated heterocycles. The molecule has 1 heterocycles. The van der Waals surface area contributed by atoms with Crippen molar-refractivity contribution in [2.45, 2.75) is 32.8 Å². The van der Waals surface area contributed by atoms with Gasteiger partial charge in [0.2, 0.25) is 11.8 Å². The van der Waals surface area contributed by atoms with Gasteiger partial charge in [0.1, 0.15) is 5.75 Å². The molecule has 1 amide bonds. The van der Waals surface area contributed by atoms with Gasteiger partial charge in [-0.15, -0.1) is 0 Å². The van der Waals surface area contributed by atoms with Crippen molar-refractivity contribution in [3.63, 3.8) is 0 Å². The molecular formula is C16H18ClF2N3O3. The van der Waals surface area contributed by atoms with Crippen molar-refractivity contribution in [2.24, 2.45) is 0 Å². The minimum atomic E-state index is -2.96. The molecule has 0 aliphatic rings.